The maximum Gasteiger partial charge on any atom is 0.208 e. The molecule has 68 valence electrons. The second-order valence-electron chi connectivity index (χ2n) is 2.25. The van der Waals surface area contributed by atoms with Crippen molar-refractivity contribution in [3.63, 3.8) is 0 Å². The third-order valence-corrected chi connectivity index (χ3v) is 3.41. The summed E-state index contributed by atoms with van der Waals surface area (Å²) in [5.74, 6) is 1.12. The predicted molar refractivity (Wildman–Crippen MR) is 59.3 cm³/mol. The van der Waals surface area contributed by atoms with E-state index in [9.17, 15) is 0 Å². The molecule has 0 aliphatic heterocycles. The smallest absolute Gasteiger partial charge is 0.208 e. The molecule has 0 radical (unpaired) electrons. The highest BCUT2D eigenvalue weighted by Crippen LogP contribution is 2.22. The van der Waals surface area contributed by atoms with Crippen LogP contribution in [0.15, 0.2) is 3.92 Å². The fourth-order valence-corrected chi connectivity index (χ4v) is 2.21. The average Bonchev–Trinajstić information content (AvgIpc) is 2.47. The maximum absolute atomic E-state index is 4.01. The Morgan fingerprint density at radius 1 is 1.58 bits per heavy atom. The SMILES string of the molecule is CSCCN(C)c1nnc(Br)s1. The van der Waals surface area contributed by atoms with E-state index < -0.39 is 0 Å². The van der Waals surface area contributed by atoms with E-state index in [-0.39, 0.29) is 0 Å². The van der Waals surface area contributed by atoms with E-state index in [1.807, 2.05) is 18.8 Å². The van der Waals surface area contributed by atoms with Crippen LogP contribution >= 0.6 is 39.0 Å². The first-order valence-electron chi connectivity index (χ1n) is 3.43. The van der Waals surface area contributed by atoms with Gasteiger partial charge in [0.1, 0.15) is 0 Å². The molecule has 1 heterocycles. The van der Waals surface area contributed by atoms with Gasteiger partial charge in [-0.15, -0.1) is 10.2 Å². The average molecular weight is 268 g/mol. The summed E-state index contributed by atoms with van der Waals surface area (Å²) in [6.45, 7) is 1.02. The summed E-state index contributed by atoms with van der Waals surface area (Å²) in [6.07, 6.45) is 2.10. The van der Waals surface area contributed by atoms with Crippen molar-refractivity contribution in [2.45, 2.75) is 0 Å². The van der Waals surface area contributed by atoms with Gasteiger partial charge in [-0.05, 0) is 22.2 Å². The Balaban J connectivity index is 2.47. The van der Waals surface area contributed by atoms with Gasteiger partial charge in [-0.3, -0.25) is 0 Å². The number of halogens is 1. The zero-order valence-electron chi connectivity index (χ0n) is 6.95. The molecule has 1 aromatic heterocycles. The Morgan fingerprint density at radius 2 is 2.33 bits per heavy atom. The first-order valence-corrected chi connectivity index (χ1v) is 6.43. The van der Waals surface area contributed by atoms with Gasteiger partial charge in [0.2, 0.25) is 5.13 Å². The van der Waals surface area contributed by atoms with Crippen molar-refractivity contribution in [3.05, 3.63) is 3.92 Å². The fraction of sp³-hybridized carbons (Fsp3) is 0.667. The van der Waals surface area contributed by atoms with Gasteiger partial charge in [0, 0.05) is 19.3 Å². The van der Waals surface area contributed by atoms with Crippen molar-refractivity contribution in [3.8, 4) is 0 Å². The van der Waals surface area contributed by atoms with Crippen LogP contribution in [-0.2, 0) is 0 Å². The van der Waals surface area contributed by atoms with E-state index >= 15 is 0 Å². The molecule has 1 aromatic rings. The lowest BCUT2D eigenvalue weighted by molar-refractivity contribution is 0.933. The Bertz CT molecular complexity index is 240. The molecular formula is C6H10BrN3S2. The highest BCUT2D eigenvalue weighted by molar-refractivity contribution is 9.11. The lowest BCUT2D eigenvalue weighted by Gasteiger charge is -2.12. The molecule has 1 rings (SSSR count). The molecule has 12 heavy (non-hydrogen) atoms. The largest absolute Gasteiger partial charge is 0.349 e. The summed E-state index contributed by atoms with van der Waals surface area (Å²) in [5, 5.41) is 8.86. The van der Waals surface area contributed by atoms with Crippen LogP contribution < -0.4 is 4.90 Å². The minimum Gasteiger partial charge on any atom is -0.349 e. The van der Waals surface area contributed by atoms with Crippen LogP contribution in [0.5, 0.6) is 0 Å². The number of aromatic nitrogens is 2. The van der Waals surface area contributed by atoms with E-state index in [1.54, 1.807) is 11.3 Å². The summed E-state index contributed by atoms with van der Waals surface area (Å²) in [6, 6.07) is 0. The molecule has 0 saturated heterocycles. The van der Waals surface area contributed by atoms with Gasteiger partial charge in [-0.1, -0.05) is 11.3 Å². The van der Waals surface area contributed by atoms with Gasteiger partial charge in [-0.25, -0.2) is 0 Å². The standard InChI is InChI=1S/C6H10BrN3S2/c1-10(3-4-11-2)6-9-8-5(7)12-6/h3-4H2,1-2H3. The fourth-order valence-electron chi connectivity index (χ4n) is 0.676. The van der Waals surface area contributed by atoms with Crippen molar-refractivity contribution in [1.82, 2.24) is 10.2 Å². The molecule has 0 unspecified atom stereocenters. The van der Waals surface area contributed by atoms with Gasteiger partial charge in [0.15, 0.2) is 3.92 Å². The van der Waals surface area contributed by atoms with Gasteiger partial charge in [0.05, 0.1) is 0 Å². The minimum absolute atomic E-state index is 0.841. The first kappa shape index (κ1) is 10.3. The van der Waals surface area contributed by atoms with Crippen LogP contribution in [0.4, 0.5) is 5.13 Å². The van der Waals surface area contributed by atoms with Crippen molar-refractivity contribution in [2.24, 2.45) is 0 Å². The summed E-state index contributed by atoms with van der Waals surface area (Å²) in [7, 11) is 2.03. The molecule has 0 amide bonds. The normalized spacial score (nSPS) is 10.2. The lowest BCUT2D eigenvalue weighted by atomic mass is 10.7. The summed E-state index contributed by atoms with van der Waals surface area (Å²) in [5.41, 5.74) is 0. The number of anilines is 1. The zero-order valence-corrected chi connectivity index (χ0v) is 10.2. The number of nitrogens with zero attached hydrogens (tertiary/aromatic N) is 3. The number of rotatable bonds is 4. The van der Waals surface area contributed by atoms with E-state index in [0.717, 1.165) is 21.3 Å². The monoisotopic (exact) mass is 267 g/mol. The van der Waals surface area contributed by atoms with Gasteiger partial charge < -0.3 is 4.90 Å². The quantitative estimate of drug-likeness (QED) is 0.836. The Morgan fingerprint density at radius 3 is 2.83 bits per heavy atom. The van der Waals surface area contributed by atoms with Crippen LogP contribution in [-0.4, -0.2) is 35.8 Å². The van der Waals surface area contributed by atoms with Gasteiger partial charge in [-0.2, -0.15) is 11.8 Å². The van der Waals surface area contributed by atoms with E-state index in [4.69, 9.17) is 0 Å². The molecule has 0 bridgehead atoms. The molecule has 3 nitrogen and oxygen atoms in total. The number of hydrogen-bond acceptors (Lipinski definition) is 5. The Hall–Kier alpha value is 0.190. The molecule has 0 aliphatic rings. The number of thioether (sulfide) groups is 1. The van der Waals surface area contributed by atoms with Gasteiger partial charge >= 0.3 is 0 Å². The van der Waals surface area contributed by atoms with Crippen LogP contribution in [0.2, 0.25) is 0 Å². The van der Waals surface area contributed by atoms with E-state index in [1.165, 1.54) is 0 Å². The van der Waals surface area contributed by atoms with E-state index in [2.05, 4.69) is 37.3 Å². The maximum atomic E-state index is 4.01. The first-order chi connectivity index (χ1) is 5.74. The highest BCUT2D eigenvalue weighted by atomic mass is 79.9. The third kappa shape index (κ3) is 2.91. The molecule has 0 fully saturated rings. The second-order valence-corrected chi connectivity index (χ2v) is 5.47. The molecule has 6 heteroatoms. The minimum atomic E-state index is 0.841. The molecular weight excluding hydrogens is 258 g/mol. The zero-order chi connectivity index (χ0) is 8.97. The predicted octanol–water partition coefficient (Wildman–Crippen LogP) is 2.10. The van der Waals surface area contributed by atoms with Crippen molar-refractivity contribution < 1.29 is 0 Å². The second kappa shape index (κ2) is 5.04. The van der Waals surface area contributed by atoms with Crippen molar-refractivity contribution in [1.29, 1.82) is 0 Å². The lowest BCUT2D eigenvalue weighted by Crippen LogP contribution is -2.19. The van der Waals surface area contributed by atoms with Crippen molar-refractivity contribution in [2.75, 3.05) is 30.5 Å². The van der Waals surface area contributed by atoms with Crippen LogP contribution in [0.1, 0.15) is 0 Å². The topological polar surface area (TPSA) is 29.0 Å². The third-order valence-electron chi connectivity index (χ3n) is 1.35. The van der Waals surface area contributed by atoms with Crippen LogP contribution in [0.25, 0.3) is 0 Å². The summed E-state index contributed by atoms with van der Waals surface area (Å²) < 4.78 is 0.841. The molecule has 0 saturated carbocycles. The number of hydrogen-bond donors (Lipinski definition) is 0. The van der Waals surface area contributed by atoms with Crippen molar-refractivity contribution >= 4 is 44.2 Å². The Labute approximate surface area is 88.7 Å². The summed E-state index contributed by atoms with van der Waals surface area (Å²) in [4.78, 5) is 2.11. The van der Waals surface area contributed by atoms with E-state index in [0.29, 0.717) is 0 Å². The molecule has 0 N–H and O–H groups in total. The van der Waals surface area contributed by atoms with Crippen LogP contribution in [0.3, 0.4) is 0 Å². The van der Waals surface area contributed by atoms with Crippen LogP contribution in [0, 0.1) is 0 Å². The molecule has 0 atom stereocenters. The summed E-state index contributed by atoms with van der Waals surface area (Å²) >= 11 is 6.67. The highest BCUT2D eigenvalue weighted by Gasteiger charge is 2.05. The van der Waals surface area contributed by atoms with Gasteiger partial charge in [0.25, 0.3) is 0 Å². The molecule has 0 aliphatic carbocycles. The molecule has 0 aromatic carbocycles. The Kier molecular flexibility index (Phi) is 4.31. The molecule has 0 spiro atoms.